The molecular weight excluding hydrogens is 266 g/mol. The Morgan fingerprint density at radius 1 is 1.33 bits per heavy atom. The molecule has 2 aromatic heterocycles. The zero-order valence-corrected chi connectivity index (χ0v) is 11.9. The SMILES string of the molecule is CCc1c(-c2nc(C3CCOC3)no2)[nH]c2ccccc12. The minimum absolute atomic E-state index is 0.261. The van der Waals surface area contributed by atoms with Gasteiger partial charge in [-0.3, -0.25) is 0 Å². The maximum absolute atomic E-state index is 5.49. The monoisotopic (exact) mass is 283 g/mol. The van der Waals surface area contributed by atoms with E-state index in [0.29, 0.717) is 12.5 Å². The molecule has 0 spiro atoms. The molecule has 0 saturated carbocycles. The Hall–Kier alpha value is -2.14. The molecule has 0 radical (unpaired) electrons. The molecule has 1 atom stereocenters. The highest BCUT2D eigenvalue weighted by Crippen LogP contribution is 2.31. The van der Waals surface area contributed by atoms with E-state index >= 15 is 0 Å². The van der Waals surface area contributed by atoms with Crippen LogP contribution in [0.25, 0.3) is 22.5 Å². The molecule has 108 valence electrons. The molecule has 0 aliphatic carbocycles. The van der Waals surface area contributed by atoms with Gasteiger partial charge in [-0.2, -0.15) is 4.98 Å². The third-order valence-corrected chi connectivity index (χ3v) is 4.12. The topological polar surface area (TPSA) is 63.9 Å². The fourth-order valence-corrected chi connectivity index (χ4v) is 2.99. The summed E-state index contributed by atoms with van der Waals surface area (Å²) in [4.78, 5) is 7.99. The number of aryl methyl sites for hydroxylation is 1. The van der Waals surface area contributed by atoms with Crippen LogP contribution in [0, 0.1) is 0 Å². The Morgan fingerprint density at radius 2 is 2.24 bits per heavy atom. The molecule has 0 bridgehead atoms. The van der Waals surface area contributed by atoms with Gasteiger partial charge in [-0.1, -0.05) is 30.3 Å². The first-order valence-electron chi connectivity index (χ1n) is 7.38. The van der Waals surface area contributed by atoms with Crippen molar-refractivity contribution in [1.29, 1.82) is 0 Å². The number of aromatic amines is 1. The summed E-state index contributed by atoms with van der Waals surface area (Å²) >= 11 is 0. The summed E-state index contributed by atoms with van der Waals surface area (Å²) in [5.74, 6) is 1.59. The van der Waals surface area contributed by atoms with E-state index < -0.39 is 0 Å². The van der Waals surface area contributed by atoms with Crippen molar-refractivity contribution in [1.82, 2.24) is 15.1 Å². The van der Waals surface area contributed by atoms with Crippen LogP contribution in [0.4, 0.5) is 0 Å². The van der Waals surface area contributed by atoms with E-state index in [2.05, 4.69) is 34.2 Å². The third kappa shape index (κ3) is 2.05. The van der Waals surface area contributed by atoms with Crippen LogP contribution in [0.15, 0.2) is 28.8 Å². The molecule has 1 aliphatic heterocycles. The quantitative estimate of drug-likeness (QED) is 0.801. The van der Waals surface area contributed by atoms with Crippen molar-refractivity contribution >= 4 is 10.9 Å². The van der Waals surface area contributed by atoms with E-state index in [-0.39, 0.29) is 5.92 Å². The predicted octanol–water partition coefficient (Wildman–Crippen LogP) is 3.28. The van der Waals surface area contributed by atoms with Crippen molar-refractivity contribution in [2.24, 2.45) is 0 Å². The number of nitrogens with one attached hydrogen (secondary N) is 1. The van der Waals surface area contributed by atoms with Crippen LogP contribution < -0.4 is 0 Å². The summed E-state index contributed by atoms with van der Waals surface area (Å²) in [6.07, 6.45) is 1.88. The van der Waals surface area contributed by atoms with Gasteiger partial charge in [0.05, 0.1) is 6.61 Å². The smallest absolute Gasteiger partial charge is 0.274 e. The fourth-order valence-electron chi connectivity index (χ4n) is 2.99. The summed E-state index contributed by atoms with van der Waals surface area (Å²) in [6.45, 7) is 3.61. The second kappa shape index (κ2) is 5.00. The van der Waals surface area contributed by atoms with Crippen molar-refractivity contribution in [2.45, 2.75) is 25.7 Å². The lowest BCUT2D eigenvalue weighted by molar-refractivity contribution is 0.192. The maximum Gasteiger partial charge on any atom is 0.274 e. The van der Waals surface area contributed by atoms with Crippen molar-refractivity contribution < 1.29 is 9.26 Å². The van der Waals surface area contributed by atoms with Gasteiger partial charge in [-0.15, -0.1) is 0 Å². The summed E-state index contributed by atoms with van der Waals surface area (Å²) in [5.41, 5.74) is 3.27. The molecule has 1 unspecified atom stereocenters. The molecule has 1 N–H and O–H groups in total. The Kier molecular flexibility index (Phi) is 3.00. The average molecular weight is 283 g/mol. The van der Waals surface area contributed by atoms with Crippen molar-refractivity contribution in [3.63, 3.8) is 0 Å². The average Bonchev–Trinajstić information content (AvgIpc) is 3.24. The molecule has 21 heavy (non-hydrogen) atoms. The van der Waals surface area contributed by atoms with Crippen LogP contribution in [0.3, 0.4) is 0 Å². The number of para-hydroxylation sites is 1. The number of aromatic nitrogens is 3. The molecule has 4 rings (SSSR count). The molecular formula is C16H17N3O2. The van der Waals surface area contributed by atoms with Gasteiger partial charge in [0.15, 0.2) is 5.82 Å². The molecule has 5 heteroatoms. The Morgan fingerprint density at radius 3 is 3.05 bits per heavy atom. The van der Waals surface area contributed by atoms with Gasteiger partial charge in [-0.05, 0) is 24.5 Å². The van der Waals surface area contributed by atoms with Gasteiger partial charge in [0.1, 0.15) is 5.69 Å². The standard InChI is InChI=1S/C16H17N3O2/c1-2-11-12-5-3-4-6-13(12)17-14(11)16-18-15(19-21-16)10-7-8-20-9-10/h3-6,10,17H,2,7-9H2,1H3. The van der Waals surface area contributed by atoms with Crippen LogP contribution >= 0.6 is 0 Å². The third-order valence-electron chi connectivity index (χ3n) is 4.12. The molecule has 1 fully saturated rings. The molecule has 3 heterocycles. The molecule has 1 saturated heterocycles. The lowest BCUT2D eigenvalue weighted by atomic mass is 10.1. The zero-order valence-electron chi connectivity index (χ0n) is 11.9. The van der Waals surface area contributed by atoms with Crippen molar-refractivity contribution in [3.05, 3.63) is 35.7 Å². The predicted molar refractivity (Wildman–Crippen MR) is 79.1 cm³/mol. The van der Waals surface area contributed by atoms with E-state index in [0.717, 1.165) is 36.5 Å². The summed E-state index contributed by atoms with van der Waals surface area (Å²) in [7, 11) is 0. The fraction of sp³-hybridized carbons (Fsp3) is 0.375. The maximum atomic E-state index is 5.49. The highest BCUT2D eigenvalue weighted by atomic mass is 16.5. The number of hydrogen-bond donors (Lipinski definition) is 1. The second-order valence-corrected chi connectivity index (χ2v) is 5.40. The highest BCUT2D eigenvalue weighted by molar-refractivity contribution is 5.89. The van der Waals surface area contributed by atoms with Gasteiger partial charge in [-0.25, -0.2) is 0 Å². The second-order valence-electron chi connectivity index (χ2n) is 5.40. The van der Waals surface area contributed by atoms with E-state index in [4.69, 9.17) is 9.26 Å². The highest BCUT2D eigenvalue weighted by Gasteiger charge is 2.24. The molecule has 0 amide bonds. The largest absolute Gasteiger partial charge is 0.381 e. The van der Waals surface area contributed by atoms with E-state index in [1.165, 1.54) is 10.9 Å². The number of rotatable bonds is 3. The molecule has 3 aromatic rings. The van der Waals surface area contributed by atoms with Gasteiger partial charge in [0, 0.05) is 23.4 Å². The minimum Gasteiger partial charge on any atom is -0.381 e. The van der Waals surface area contributed by atoms with E-state index in [9.17, 15) is 0 Å². The normalized spacial score (nSPS) is 18.6. The van der Waals surface area contributed by atoms with Gasteiger partial charge in [0.2, 0.25) is 0 Å². The van der Waals surface area contributed by atoms with Crippen molar-refractivity contribution in [3.8, 4) is 11.6 Å². The lowest BCUT2D eigenvalue weighted by Crippen LogP contribution is -1.99. The zero-order chi connectivity index (χ0) is 14.2. The van der Waals surface area contributed by atoms with Gasteiger partial charge >= 0.3 is 0 Å². The molecule has 1 aromatic carbocycles. The van der Waals surface area contributed by atoms with Crippen LogP contribution in [0.1, 0.15) is 30.7 Å². The van der Waals surface area contributed by atoms with Crippen LogP contribution in [-0.2, 0) is 11.2 Å². The summed E-state index contributed by atoms with van der Waals surface area (Å²) in [5, 5.41) is 5.36. The van der Waals surface area contributed by atoms with Crippen LogP contribution in [0.2, 0.25) is 0 Å². The van der Waals surface area contributed by atoms with Crippen LogP contribution in [0.5, 0.6) is 0 Å². The van der Waals surface area contributed by atoms with Crippen LogP contribution in [-0.4, -0.2) is 28.3 Å². The Bertz CT molecular complexity index is 769. The number of benzene rings is 1. The lowest BCUT2D eigenvalue weighted by Gasteiger charge is -1.98. The first kappa shape index (κ1) is 12.6. The first-order chi connectivity index (χ1) is 10.4. The summed E-state index contributed by atoms with van der Waals surface area (Å²) < 4.78 is 10.9. The van der Waals surface area contributed by atoms with E-state index in [1.807, 2.05) is 12.1 Å². The number of nitrogens with zero attached hydrogens (tertiary/aromatic N) is 2. The molecule has 1 aliphatic rings. The number of ether oxygens (including phenoxy) is 1. The first-order valence-corrected chi connectivity index (χ1v) is 7.38. The van der Waals surface area contributed by atoms with Crippen molar-refractivity contribution in [2.75, 3.05) is 13.2 Å². The van der Waals surface area contributed by atoms with Gasteiger partial charge in [0.25, 0.3) is 5.89 Å². The minimum atomic E-state index is 0.261. The number of hydrogen-bond acceptors (Lipinski definition) is 4. The van der Waals surface area contributed by atoms with Gasteiger partial charge < -0.3 is 14.2 Å². The number of H-pyrrole nitrogens is 1. The number of fused-ring (bicyclic) bond motifs is 1. The molecule has 5 nitrogen and oxygen atoms in total. The van der Waals surface area contributed by atoms with E-state index in [1.54, 1.807) is 0 Å². The summed E-state index contributed by atoms with van der Waals surface area (Å²) in [6, 6.07) is 8.27. The Labute approximate surface area is 122 Å². The Balaban J connectivity index is 1.79.